The van der Waals surface area contributed by atoms with E-state index in [0.29, 0.717) is 15.9 Å². The Morgan fingerprint density at radius 1 is 1.42 bits per heavy atom. The first kappa shape index (κ1) is 16.5. The molecule has 24 heavy (non-hydrogen) atoms. The zero-order valence-corrected chi connectivity index (χ0v) is 14.3. The van der Waals surface area contributed by atoms with Gasteiger partial charge in [-0.1, -0.05) is 29.4 Å². The van der Waals surface area contributed by atoms with Gasteiger partial charge in [0, 0.05) is 5.02 Å². The van der Waals surface area contributed by atoms with E-state index in [0.717, 1.165) is 5.69 Å². The van der Waals surface area contributed by atoms with E-state index >= 15 is 0 Å². The Hall–Kier alpha value is -2.32. The van der Waals surface area contributed by atoms with Crippen LogP contribution in [0.1, 0.15) is 18.7 Å². The van der Waals surface area contributed by atoms with Crippen LogP contribution >= 0.6 is 23.4 Å². The molecule has 1 atom stereocenters. The van der Waals surface area contributed by atoms with Crippen molar-refractivity contribution < 1.29 is 9.21 Å². The Morgan fingerprint density at radius 2 is 2.29 bits per heavy atom. The van der Waals surface area contributed by atoms with Crippen LogP contribution in [0, 0.1) is 0 Å². The van der Waals surface area contributed by atoms with Crippen LogP contribution in [0.15, 0.2) is 52.2 Å². The van der Waals surface area contributed by atoms with Gasteiger partial charge in [0.15, 0.2) is 0 Å². The predicted octanol–water partition coefficient (Wildman–Crippen LogP) is 2.88. The fourth-order valence-electron chi connectivity index (χ4n) is 2.06. The maximum atomic E-state index is 12.1. The molecule has 7 nitrogen and oxygen atoms in total. The number of tetrazole rings is 1. The van der Waals surface area contributed by atoms with Crippen molar-refractivity contribution in [2.75, 3.05) is 5.75 Å². The zero-order chi connectivity index (χ0) is 16.9. The number of benzene rings is 1. The Bertz CT molecular complexity index is 821. The van der Waals surface area contributed by atoms with E-state index in [1.165, 1.54) is 11.8 Å². The van der Waals surface area contributed by atoms with E-state index in [-0.39, 0.29) is 17.7 Å². The molecule has 124 valence electrons. The smallest absolute Gasteiger partial charge is 0.231 e. The number of hydrogen-bond acceptors (Lipinski definition) is 6. The highest BCUT2D eigenvalue weighted by Crippen LogP contribution is 2.20. The number of amides is 1. The van der Waals surface area contributed by atoms with Gasteiger partial charge in [0.05, 0.1) is 23.7 Å². The lowest BCUT2D eigenvalue weighted by molar-refractivity contribution is -0.119. The molecule has 0 bridgehead atoms. The molecule has 0 saturated carbocycles. The molecule has 1 aromatic carbocycles. The minimum atomic E-state index is -0.197. The summed E-state index contributed by atoms with van der Waals surface area (Å²) in [6.07, 6.45) is 1.58. The van der Waals surface area contributed by atoms with Gasteiger partial charge in [-0.3, -0.25) is 4.79 Å². The summed E-state index contributed by atoms with van der Waals surface area (Å²) in [6.45, 7) is 1.86. The highest BCUT2D eigenvalue weighted by Gasteiger charge is 2.15. The summed E-state index contributed by atoms with van der Waals surface area (Å²) in [7, 11) is 0. The summed E-state index contributed by atoms with van der Waals surface area (Å²) in [6, 6.07) is 10.6. The lowest BCUT2D eigenvalue weighted by Gasteiger charge is -2.11. The number of nitrogens with zero attached hydrogens (tertiary/aromatic N) is 4. The van der Waals surface area contributed by atoms with Crippen molar-refractivity contribution in [3.8, 4) is 5.69 Å². The van der Waals surface area contributed by atoms with Gasteiger partial charge in [-0.2, -0.15) is 4.68 Å². The molecule has 1 amide bonds. The number of rotatable bonds is 6. The van der Waals surface area contributed by atoms with Crippen molar-refractivity contribution in [2.24, 2.45) is 0 Å². The SMILES string of the molecule is C[C@@H](NC(=O)CSc1nnnn1-c1cccc(Cl)c1)c1ccco1. The maximum absolute atomic E-state index is 12.1. The Labute approximate surface area is 147 Å². The van der Waals surface area contributed by atoms with E-state index in [9.17, 15) is 4.79 Å². The van der Waals surface area contributed by atoms with Crippen LogP contribution in [-0.4, -0.2) is 31.9 Å². The summed E-state index contributed by atoms with van der Waals surface area (Å²) < 4.78 is 6.81. The molecule has 9 heteroatoms. The average Bonchev–Trinajstić information content (AvgIpc) is 3.24. The first-order valence-corrected chi connectivity index (χ1v) is 8.50. The van der Waals surface area contributed by atoms with Crippen LogP contribution in [0.5, 0.6) is 0 Å². The van der Waals surface area contributed by atoms with E-state index in [4.69, 9.17) is 16.0 Å². The molecule has 1 N–H and O–H groups in total. The number of halogens is 1. The molecule has 0 aliphatic carbocycles. The Balaban J connectivity index is 1.61. The molecule has 0 aliphatic heterocycles. The molecule has 0 radical (unpaired) electrons. The highest BCUT2D eigenvalue weighted by molar-refractivity contribution is 7.99. The number of nitrogens with one attached hydrogen (secondary N) is 1. The number of hydrogen-bond donors (Lipinski definition) is 1. The highest BCUT2D eigenvalue weighted by atomic mass is 35.5. The third-order valence-electron chi connectivity index (χ3n) is 3.17. The van der Waals surface area contributed by atoms with E-state index in [2.05, 4.69) is 20.8 Å². The molecule has 0 fully saturated rings. The summed E-state index contributed by atoms with van der Waals surface area (Å²) in [5.74, 6) is 0.757. The van der Waals surface area contributed by atoms with Gasteiger partial charge in [-0.15, -0.1) is 5.10 Å². The van der Waals surface area contributed by atoms with E-state index in [1.807, 2.05) is 25.1 Å². The second kappa shape index (κ2) is 7.50. The number of carbonyl (C=O) groups excluding carboxylic acids is 1. The van der Waals surface area contributed by atoms with Gasteiger partial charge >= 0.3 is 0 Å². The van der Waals surface area contributed by atoms with Crippen LogP contribution in [0.25, 0.3) is 5.69 Å². The fourth-order valence-corrected chi connectivity index (χ4v) is 2.95. The molecule has 3 aromatic rings. The minimum Gasteiger partial charge on any atom is -0.467 e. The fraction of sp³-hybridized carbons (Fsp3) is 0.200. The third-order valence-corrected chi connectivity index (χ3v) is 4.33. The van der Waals surface area contributed by atoms with Gasteiger partial charge in [-0.05, 0) is 47.7 Å². The van der Waals surface area contributed by atoms with Gasteiger partial charge in [0.25, 0.3) is 0 Å². The molecule has 0 unspecified atom stereocenters. The first-order chi connectivity index (χ1) is 11.6. The van der Waals surface area contributed by atoms with Crippen LogP contribution in [0.3, 0.4) is 0 Å². The lowest BCUT2D eigenvalue weighted by atomic mass is 10.2. The molecular formula is C15H14ClN5O2S. The van der Waals surface area contributed by atoms with Crippen LogP contribution < -0.4 is 5.32 Å². The summed E-state index contributed by atoms with van der Waals surface area (Å²) in [5.41, 5.74) is 0.736. The van der Waals surface area contributed by atoms with Gasteiger partial charge in [-0.25, -0.2) is 0 Å². The van der Waals surface area contributed by atoms with E-state index in [1.54, 1.807) is 29.1 Å². The monoisotopic (exact) mass is 363 g/mol. The van der Waals surface area contributed by atoms with Crippen molar-refractivity contribution in [3.05, 3.63) is 53.4 Å². The molecule has 0 aliphatic rings. The Morgan fingerprint density at radius 3 is 3.04 bits per heavy atom. The Kier molecular flexibility index (Phi) is 5.17. The molecule has 3 rings (SSSR count). The van der Waals surface area contributed by atoms with Crippen LogP contribution in [-0.2, 0) is 4.79 Å². The molecule has 2 heterocycles. The number of aromatic nitrogens is 4. The van der Waals surface area contributed by atoms with Crippen molar-refractivity contribution in [1.29, 1.82) is 0 Å². The zero-order valence-electron chi connectivity index (χ0n) is 12.7. The first-order valence-electron chi connectivity index (χ1n) is 7.13. The van der Waals surface area contributed by atoms with Crippen LogP contribution in [0.2, 0.25) is 5.02 Å². The third kappa shape index (κ3) is 3.95. The molecule has 0 saturated heterocycles. The summed E-state index contributed by atoms with van der Waals surface area (Å²) in [5, 5.41) is 15.5. The number of thioether (sulfide) groups is 1. The minimum absolute atomic E-state index is 0.135. The normalized spacial score (nSPS) is 12.1. The molecular weight excluding hydrogens is 350 g/mol. The number of carbonyl (C=O) groups is 1. The van der Waals surface area contributed by atoms with Gasteiger partial charge < -0.3 is 9.73 Å². The van der Waals surface area contributed by atoms with E-state index < -0.39 is 0 Å². The topological polar surface area (TPSA) is 85.8 Å². The van der Waals surface area contributed by atoms with Crippen molar-refractivity contribution in [1.82, 2.24) is 25.5 Å². The molecule has 0 spiro atoms. The van der Waals surface area contributed by atoms with Gasteiger partial charge in [0.1, 0.15) is 5.76 Å². The van der Waals surface area contributed by atoms with Gasteiger partial charge in [0.2, 0.25) is 11.1 Å². The second-order valence-electron chi connectivity index (χ2n) is 4.95. The standard InChI is InChI=1S/C15H14ClN5O2S/c1-10(13-6-3-7-23-13)17-14(22)9-24-15-18-19-20-21(15)12-5-2-4-11(16)8-12/h2-8,10H,9H2,1H3,(H,17,22)/t10-/m1/s1. The average molecular weight is 364 g/mol. The second-order valence-corrected chi connectivity index (χ2v) is 6.33. The van der Waals surface area contributed by atoms with Crippen molar-refractivity contribution in [2.45, 2.75) is 18.1 Å². The predicted molar refractivity (Wildman–Crippen MR) is 90.2 cm³/mol. The quantitative estimate of drug-likeness (QED) is 0.678. The van der Waals surface area contributed by atoms with Crippen molar-refractivity contribution >= 4 is 29.3 Å². The number of furan rings is 1. The van der Waals surface area contributed by atoms with Crippen molar-refractivity contribution in [3.63, 3.8) is 0 Å². The lowest BCUT2D eigenvalue weighted by Crippen LogP contribution is -2.28. The summed E-state index contributed by atoms with van der Waals surface area (Å²) >= 11 is 7.23. The summed E-state index contributed by atoms with van der Waals surface area (Å²) in [4.78, 5) is 12.1. The maximum Gasteiger partial charge on any atom is 0.231 e. The molecule has 2 aromatic heterocycles. The van der Waals surface area contributed by atoms with Crippen LogP contribution in [0.4, 0.5) is 0 Å². The largest absolute Gasteiger partial charge is 0.467 e.